The van der Waals surface area contributed by atoms with Gasteiger partial charge >= 0.3 is 0 Å². The molecule has 0 saturated heterocycles. The lowest BCUT2D eigenvalue weighted by Gasteiger charge is -2.35. The quantitative estimate of drug-likeness (QED) is 0.579. The molecular weight excluding hydrogens is 398 g/mol. The van der Waals surface area contributed by atoms with Crippen LogP contribution in [0.4, 0.5) is 0 Å². The Morgan fingerprint density at radius 1 is 1.12 bits per heavy atom. The number of nitrogens with one attached hydrogen (secondary N) is 1. The maximum Gasteiger partial charge on any atom is 0.253 e. The second kappa shape index (κ2) is 10.6. The van der Waals surface area contributed by atoms with Crippen molar-refractivity contribution in [2.75, 3.05) is 13.6 Å². The van der Waals surface area contributed by atoms with Crippen LogP contribution >= 0.6 is 0 Å². The van der Waals surface area contributed by atoms with Crippen molar-refractivity contribution in [2.24, 2.45) is 5.92 Å². The monoisotopic (exact) mass is 431 g/mol. The molecule has 168 valence electrons. The molecule has 1 fully saturated rings. The van der Waals surface area contributed by atoms with Gasteiger partial charge in [0.05, 0.1) is 5.56 Å². The second-order valence-corrected chi connectivity index (χ2v) is 8.85. The minimum Gasteiger partial charge on any atom is -0.349 e. The summed E-state index contributed by atoms with van der Waals surface area (Å²) >= 11 is 0. The van der Waals surface area contributed by atoms with Crippen LogP contribution in [-0.4, -0.2) is 45.2 Å². The third kappa shape index (κ3) is 5.62. The Morgan fingerprint density at radius 3 is 2.59 bits per heavy atom. The van der Waals surface area contributed by atoms with Crippen LogP contribution in [0.5, 0.6) is 0 Å². The van der Waals surface area contributed by atoms with E-state index in [-0.39, 0.29) is 11.9 Å². The smallest absolute Gasteiger partial charge is 0.253 e. The van der Waals surface area contributed by atoms with Crippen LogP contribution in [0.1, 0.15) is 54.1 Å². The maximum atomic E-state index is 12.9. The number of pyridine rings is 1. The molecule has 0 spiro atoms. The van der Waals surface area contributed by atoms with Gasteiger partial charge in [0, 0.05) is 37.7 Å². The summed E-state index contributed by atoms with van der Waals surface area (Å²) in [7, 11) is 2.18. The third-order valence-corrected chi connectivity index (χ3v) is 6.40. The molecule has 6 heteroatoms. The molecule has 0 aliphatic heterocycles. The normalized spacial score (nSPS) is 18.6. The van der Waals surface area contributed by atoms with Crippen molar-refractivity contribution in [3.05, 3.63) is 77.7 Å². The molecule has 4 rings (SSSR count). The standard InChI is InChI=1S/C26H33N5O/c1-3-20-9-11-21(12-10-20)18-30(2)19-23-7-4-5-8-24(23)29-26(32)22-13-14-25(27-17-22)31-16-6-15-28-31/h6,9-17,23-24H,3-5,7-8,18-19H2,1-2H3,(H,29,32)/t23-,24+/m0/s1. The summed E-state index contributed by atoms with van der Waals surface area (Å²) in [5.41, 5.74) is 3.30. The molecule has 0 bridgehead atoms. The fraction of sp³-hybridized carbons (Fsp3) is 0.423. The first-order chi connectivity index (χ1) is 15.6. The van der Waals surface area contributed by atoms with Gasteiger partial charge in [-0.15, -0.1) is 0 Å². The molecule has 1 aliphatic carbocycles. The Labute approximate surface area is 190 Å². The summed E-state index contributed by atoms with van der Waals surface area (Å²) in [6.07, 6.45) is 10.8. The predicted molar refractivity (Wildman–Crippen MR) is 127 cm³/mol. The van der Waals surface area contributed by atoms with Crippen molar-refractivity contribution in [1.29, 1.82) is 0 Å². The van der Waals surface area contributed by atoms with Gasteiger partial charge in [-0.2, -0.15) is 5.10 Å². The molecule has 0 unspecified atom stereocenters. The summed E-state index contributed by atoms with van der Waals surface area (Å²) < 4.78 is 1.68. The largest absolute Gasteiger partial charge is 0.349 e. The number of rotatable bonds is 8. The van der Waals surface area contributed by atoms with E-state index < -0.39 is 0 Å². The van der Waals surface area contributed by atoms with Gasteiger partial charge in [-0.25, -0.2) is 9.67 Å². The summed E-state index contributed by atoms with van der Waals surface area (Å²) in [5.74, 6) is 1.12. The van der Waals surface area contributed by atoms with E-state index in [2.05, 4.69) is 58.5 Å². The summed E-state index contributed by atoms with van der Waals surface area (Å²) in [5, 5.41) is 7.48. The van der Waals surface area contributed by atoms with Crippen LogP contribution < -0.4 is 5.32 Å². The maximum absolute atomic E-state index is 12.9. The second-order valence-electron chi connectivity index (χ2n) is 8.85. The van der Waals surface area contributed by atoms with Gasteiger partial charge in [0.1, 0.15) is 0 Å². The van der Waals surface area contributed by atoms with E-state index in [1.165, 1.54) is 24.0 Å². The SMILES string of the molecule is CCc1ccc(CN(C)C[C@@H]2CCCC[C@H]2NC(=O)c2ccc(-n3cccn3)nc2)cc1. The molecule has 6 nitrogen and oxygen atoms in total. The van der Waals surface area contributed by atoms with Crippen molar-refractivity contribution >= 4 is 5.91 Å². The highest BCUT2D eigenvalue weighted by atomic mass is 16.1. The lowest BCUT2D eigenvalue weighted by molar-refractivity contribution is 0.0889. The topological polar surface area (TPSA) is 63.1 Å². The number of carbonyl (C=O) groups is 1. The predicted octanol–water partition coefficient (Wildman–Crippen LogP) is 4.25. The number of hydrogen-bond donors (Lipinski definition) is 1. The molecule has 1 amide bonds. The molecular formula is C26H33N5O. The van der Waals surface area contributed by atoms with Gasteiger partial charge in [-0.3, -0.25) is 4.79 Å². The van der Waals surface area contributed by atoms with Crippen molar-refractivity contribution < 1.29 is 4.79 Å². The Bertz CT molecular complexity index is 982. The molecule has 2 aromatic heterocycles. The summed E-state index contributed by atoms with van der Waals surface area (Å²) in [6.45, 7) is 4.10. The van der Waals surface area contributed by atoms with E-state index in [0.717, 1.165) is 32.4 Å². The fourth-order valence-electron chi connectivity index (χ4n) is 4.59. The summed E-state index contributed by atoms with van der Waals surface area (Å²) in [6, 6.07) is 14.6. The van der Waals surface area contributed by atoms with Crippen molar-refractivity contribution in [3.8, 4) is 5.82 Å². The molecule has 1 aliphatic rings. The zero-order valence-corrected chi connectivity index (χ0v) is 19.1. The van der Waals surface area contributed by atoms with E-state index >= 15 is 0 Å². The highest BCUT2D eigenvalue weighted by molar-refractivity contribution is 5.94. The van der Waals surface area contributed by atoms with Crippen LogP contribution in [0.3, 0.4) is 0 Å². The van der Waals surface area contributed by atoms with E-state index in [9.17, 15) is 4.79 Å². The molecule has 3 aromatic rings. The molecule has 2 heterocycles. The highest BCUT2D eigenvalue weighted by Crippen LogP contribution is 2.26. The summed E-state index contributed by atoms with van der Waals surface area (Å²) in [4.78, 5) is 19.7. The molecule has 1 N–H and O–H groups in total. The van der Waals surface area contributed by atoms with Gasteiger partial charge in [-0.1, -0.05) is 44.0 Å². The first kappa shape index (κ1) is 22.2. The van der Waals surface area contributed by atoms with Gasteiger partial charge in [0.2, 0.25) is 0 Å². The Morgan fingerprint density at radius 2 is 1.91 bits per heavy atom. The first-order valence-electron chi connectivity index (χ1n) is 11.7. The molecule has 32 heavy (non-hydrogen) atoms. The van der Waals surface area contributed by atoms with Crippen molar-refractivity contribution in [2.45, 2.75) is 51.6 Å². The molecule has 1 aromatic carbocycles. The minimum atomic E-state index is -0.0424. The van der Waals surface area contributed by atoms with Crippen LogP contribution in [0.15, 0.2) is 61.1 Å². The number of carbonyl (C=O) groups excluding carboxylic acids is 1. The van der Waals surface area contributed by atoms with Crippen molar-refractivity contribution in [3.63, 3.8) is 0 Å². The van der Waals surface area contributed by atoms with E-state index in [1.54, 1.807) is 17.1 Å². The minimum absolute atomic E-state index is 0.0424. The van der Waals surface area contributed by atoms with E-state index in [4.69, 9.17) is 0 Å². The average Bonchev–Trinajstić information content (AvgIpc) is 3.36. The van der Waals surface area contributed by atoms with E-state index in [0.29, 0.717) is 17.3 Å². The Kier molecular flexibility index (Phi) is 7.32. The van der Waals surface area contributed by atoms with Gasteiger partial charge < -0.3 is 10.2 Å². The van der Waals surface area contributed by atoms with Gasteiger partial charge in [0.15, 0.2) is 5.82 Å². The Balaban J connectivity index is 1.34. The average molecular weight is 432 g/mol. The van der Waals surface area contributed by atoms with Crippen LogP contribution in [-0.2, 0) is 13.0 Å². The van der Waals surface area contributed by atoms with E-state index in [1.807, 2.05) is 24.4 Å². The molecule has 0 radical (unpaired) electrons. The van der Waals surface area contributed by atoms with Crippen LogP contribution in [0, 0.1) is 5.92 Å². The number of nitrogens with zero attached hydrogens (tertiary/aromatic N) is 4. The zero-order valence-electron chi connectivity index (χ0n) is 19.1. The number of aromatic nitrogens is 3. The number of benzene rings is 1. The first-order valence-corrected chi connectivity index (χ1v) is 11.7. The fourth-order valence-corrected chi connectivity index (χ4v) is 4.59. The van der Waals surface area contributed by atoms with Gasteiger partial charge in [0.25, 0.3) is 5.91 Å². The molecule has 2 atom stereocenters. The zero-order chi connectivity index (χ0) is 22.3. The number of hydrogen-bond acceptors (Lipinski definition) is 4. The lowest BCUT2D eigenvalue weighted by atomic mass is 9.84. The van der Waals surface area contributed by atoms with Crippen LogP contribution in [0.2, 0.25) is 0 Å². The third-order valence-electron chi connectivity index (χ3n) is 6.40. The van der Waals surface area contributed by atoms with Crippen molar-refractivity contribution in [1.82, 2.24) is 25.0 Å². The number of aryl methyl sites for hydroxylation is 1. The van der Waals surface area contributed by atoms with Crippen LogP contribution in [0.25, 0.3) is 5.82 Å². The number of amides is 1. The highest BCUT2D eigenvalue weighted by Gasteiger charge is 2.28. The van der Waals surface area contributed by atoms with Gasteiger partial charge in [-0.05, 0) is 61.6 Å². The molecule has 1 saturated carbocycles. The lowest BCUT2D eigenvalue weighted by Crippen LogP contribution is -2.45. The Hall–Kier alpha value is -2.99.